The van der Waals surface area contributed by atoms with Gasteiger partial charge in [0.05, 0.1) is 19.3 Å². The first-order chi connectivity index (χ1) is 11.9. The van der Waals surface area contributed by atoms with Crippen molar-refractivity contribution in [2.75, 3.05) is 20.2 Å². The van der Waals surface area contributed by atoms with Gasteiger partial charge in [0.2, 0.25) is 5.91 Å². The summed E-state index contributed by atoms with van der Waals surface area (Å²) >= 11 is 0. The van der Waals surface area contributed by atoms with Gasteiger partial charge in [-0.3, -0.25) is 4.79 Å². The summed E-state index contributed by atoms with van der Waals surface area (Å²) in [5, 5.41) is 21.6. The number of carbonyl (C=O) groups is 1. The van der Waals surface area contributed by atoms with Crippen LogP contribution in [0.25, 0.3) is 5.57 Å². The van der Waals surface area contributed by atoms with Gasteiger partial charge in [-0.05, 0) is 49.5 Å². The molecular weight excluding hydrogens is 318 g/mol. The molecule has 0 unspecified atom stereocenters. The molecule has 0 bridgehead atoms. The molecule has 1 aromatic carbocycles. The molecule has 1 aliphatic carbocycles. The summed E-state index contributed by atoms with van der Waals surface area (Å²) < 4.78 is 5.15. The molecule has 25 heavy (non-hydrogen) atoms. The second-order valence-electron chi connectivity index (χ2n) is 7.34. The lowest BCUT2D eigenvalue weighted by atomic mass is 9.67. The van der Waals surface area contributed by atoms with Crippen molar-refractivity contribution in [1.82, 2.24) is 4.90 Å². The van der Waals surface area contributed by atoms with E-state index in [1.165, 1.54) is 0 Å². The molecule has 1 aromatic rings. The first-order valence-corrected chi connectivity index (χ1v) is 8.93. The number of aliphatic hydroxyl groups is 2. The molecule has 0 radical (unpaired) electrons. The van der Waals surface area contributed by atoms with Crippen LogP contribution in [0.15, 0.2) is 30.3 Å². The zero-order chi connectivity index (χ0) is 18.1. The molecule has 0 spiro atoms. The fourth-order valence-corrected chi connectivity index (χ4v) is 4.00. The van der Waals surface area contributed by atoms with Crippen LogP contribution >= 0.6 is 0 Å². The second kappa shape index (κ2) is 6.81. The third-order valence-corrected chi connectivity index (χ3v) is 5.74. The average molecular weight is 345 g/mol. The summed E-state index contributed by atoms with van der Waals surface area (Å²) in [7, 11) is 1.62. The molecule has 3 rings (SSSR count). The SMILES string of the molecule is COc1ccc(/C(C)=C/C(=O)N2CC[C@@]3(O)CCCC[C@@]3(O)C2)cc1. The van der Waals surface area contributed by atoms with Crippen LogP contribution in [0, 0.1) is 0 Å². The fraction of sp³-hybridized carbons (Fsp3) is 0.550. The van der Waals surface area contributed by atoms with Crippen LogP contribution < -0.4 is 4.74 Å². The highest BCUT2D eigenvalue weighted by Crippen LogP contribution is 2.43. The summed E-state index contributed by atoms with van der Waals surface area (Å²) in [4.78, 5) is 14.3. The minimum Gasteiger partial charge on any atom is -0.497 e. The number of benzene rings is 1. The van der Waals surface area contributed by atoms with Crippen LogP contribution in [0.5, 0.6) is 5.75 Å². The Hall–Kier alpha value is -1.85. The number of amides is 1. The predicted octanol–water partition coefficient (Wildman–Crippen LogP) is 2.37. The van der Waals surface area contributed by atoms with Crippen LogP contribution in [0.2, 0.25) is 0 Å². The zero-order valence-electron chi connectivity index (χ0n) is 15.0. The number of hydrogen-bond acceptors (Lipinski definition) is 4. The number of carbonyl (C=O) groups excluding carboxylic acids is 1. The molecule has 5 heteroatoms. The molecule has 1 aliphatic heterocycles. The molecule has 0 aromatic heterocycles. The summed E-state index contributed by atoms with van der Waals surface area (Å²) in [6, 6.07) is 7.56. The molecule has 1 heterocycles. The van der Waals surface area contributed by atoms with E-state index in [0.717, 1.165) is 29.7 Å². The normalized spacial score (nSPS) is 29.9. The molecule has 136 valence electrons. The second-order valence-corrected chi connectivity index (χ2v) is 7.34. The number of β-amino-alcohol motifs (C(OH)–C–C–N with tert-alkyl or cyclic N) is 1. The number of methoxy groups -OCH3 is 1. The van der Waals surface area contributed by atoms with Crippen LogP contribution in [-0.2, 0) is 4.79 Å². The van der Waals surface area contributed by atoms with Gasteiger partial charge in [0.25, 0.3) is 0 Å². The van der Waals surface area contributed by atoms with Crippen molar-refractivity contribution >= 4 is 11.5 Å². The van der Waals surface area contributed by atoms with Crippen molar-refractivity contribution in [3.05, 3.63) is 35.9 Å². The minimum atomic E-state index is -1.18. The van der Waals surface area contributed by atoms with Gasteiger partial charge < -0.3 is 19.8 Å². The lowest BCUT2D eigenvalue weighted by Gasteiger charge is -2.53. The van der Waals surface area contributed by atoms with Gasteiger partial charge in [-0.25, -0.2) is 0 Å². The largest absolute Gasteiger partial charge is 0.497 e. The van der Waals surface area contributed by atoms with Gasteiger partial charge in [0, 0.05) is 12.6 Å². The van der Waals surface area contributed by atoms with E-state index in [0.29, 0.717) is 25.8 Å². The smallest absolute Gasteiger partial charge is 0.246 e. The number of hydrogen-bond donors (Lipinski definition) is 2. The summed E-state index contributed by atoms with van der Waals surface area (Å²) in [6.45, 7) is 2.58. The summed E-state index contributed by atoms with van der Waals surface area (Å²) in [6.07, 6.45) is 5.04. The van der Waals surface area contributed by atoms with Crippen molar-refractivity contribution in [1.29, 1.82) is 0 Å². The number of ether oxygens (including phenoxy) is 1. The predicted molar refractivity (Wildman–Crippen MR) is 96.2 cm³/mol. The first kappa shape index (κ1) is 18.0. The van der Waals surface area contributed by atoms with Crippen molar-refractivity contribution in [3.63, 3.8) is 0 Å². The standard InChI is InChI=1S/C20H27NO4/c1-15(16-5-7-17(25-2)8-6-16)13-18(22)21-12-11-19(23)9-3-4-10-20(19,24)14-21/h5-8,13,23-24H,3-4,9-12,14H2,1-2H3/b15-13+/t19-,20+/m0/s1. The van der Waals surface area contributed by atoms with Crippen LogP contribution in [0.3, 0.4) is 0 Å². The molecule has 1 saturated carbocycles. The van der Waals surface area contributed by atoms with Gasteiger partial charge in [-0.15, -0.1) is 0 Å². The Labute approximate surface area is 148 Å². The Morgan fingerprint density at radius 3 is 2.40 bits per heavy atom. The quantitative estimate of drug-likeness (QED) is 0.825. The minimum absolute atomic E-state index is 0.116. The maximum absolute atomic E-state index is 12.7. The Morgan fingerprint density at radius 1 is 1.12 bits per heavy atom. The van der Waals surface area contributed by atoms with Crippen LogP contribution in [0.4, 0.5) is 0 Å². The lowest BCUT2D eigenvalue weighted by molar-refractivity contribution is -0.208. The van der Waals surface area contributed by atoms with E-state index >= 15 is 0 Å². The molecule has 5 nitrogen and oxygen atoms in total. The molecule has 2 atom stereocenters. The highest BCUT2D eigenvalue weighted by atomic mass is 16.5. The summed E-state index contributed by atoms with van der Waals surface area (Å²) in [5.74, 6) is 0.659. The number of allylic oxidation sites excluding steroid dienone is 1. The van der Waals surface area contributed by atoms with Crippen molar-refractivity contribution in [2.24, 2.45) is 0 Å². The molecule has 2 fully saturated rings. The monoisotopic (exact) mass is 345 g/mol. The highest BCUT2D eigenvalue weighted by molar-refractivity contribution is 5.95. The Kier molecular flexibility index (Phi) is 4.89. The van der Waals surface area contributed by atoms with E-state index in [2.05, 4.69) is 0 Å². The Bertz CT molecular complexity index is 669. The first-order valence-electron chi connectivity index (χ1n) is 8.93. The Balaban J connectivity index is 1.72. The van der Waals surface area contributed by atoms with Crippen molar-refractivity contribution in [3.8, 4) is 5.75 Å². The van der Waals surface area contributed by atoms with E-state index in [4.69, 9.17) is 4.74 Å². The van der Waals surface area contributed by atoms with Crippen molar-refractivity contribution in [2.45, 2.75) is 50.2 Å². The molecule has 2 N–H and O–H groups in total. The van der Waals surface area contributed by atoms with Crippen LogP contribution in [-0.4, -0.2) is 52.4 Å². The highest BCUT2D eigenvalue weighted by Gasteiger charge is 2.54. The number of rotatable bonds is 3. The maximum atomic E-state index is 12.7. The number of nitrogens with zero attached hydrogens (tertiary/aromatic N) is 1. The van der Waals surface area contributed by atoms with E-state index < -0.39 is 11.2 Å². The number of piperidine rings is 1. The molecule has 1 saturated heterocycles. The lowest BCUT2D eigenvalue weighted by Crippen LogP contribution is -2.66. The van der Waals surface area contributed by atoms with Gasteiger partial charge >= 0.3 is 0 Å². The van der Waals surface area contributed by atoms with Gasteiger partial charge in [-0.1, -0.05) is 25.0 Å². The van der Waals surface area contributed by atoms with Gasteiger partial charge in [0.1, 0.15) is 11.4 Å². The van der Waals surface area contributed by atoms with E-state index in [-0.39, 0.29) is 12.5 Å². The number of likely N-dealkylation sites (tertiary alicyclic amines) is 1. The Morgan fingerprint density at radius 2 is 1.76 bits per heavy atom. The van der Waals surface area contributed by atoms with E-state index in [1.54, 1.807) is 18.1 Å². The topological polar surface area (TPSA) is 70.0 Å². The van der Waals surface area contributed by atoms with Crippen LogP contribution in [0.1, 0.15) is 44.6 Å². The zero-order valence-corrected chi connectivity index (χ0v) is 15.0. The van der Waals surface area contributed by atoms with Crippen molar-refractivity contribution < 1.29 is 19.7 Å². The maximum Gasteiger partial charge on any atom is 0.246 e. The average Bonchev–Trinajstić information content (AvgIpc) is 2.61. The van der Waals surface area contributed by atoms with Gasteiger partial charge in [-0.2, -0.15) is 0 Å². The molecule has 1 amide bonds. The third kappa shape index (κ3) is 3.44. The number of fused-ring (bicyclic) bond motifs is 1. The van der Waals surface area contributed by atoms with E-state index in [9.17, 15) is 15.0 Å². The molecular formula is C20H27NO4. The van der Waals surface area contributed by atoms with E-state index in [1.807, 2.05) is 31.2 Å². The molecule has 2 aliphatic rings. The summed E-state index contributed by atoms with van der Waals surface area (Å²) in [5.41, 5.74) is -0.402. The fourth-order valence-electron chi connectivity index (χ4n) is 4.00. The third-order valence-electron chi connectivity index (χ3n) is 5.74. The van der Waals surface area contributed by atoms with Gasteiger partial charge in [0.15, 0.2) is 0 Å².